The molecule has 178 valence electrons. The normalized spacial score (nSPS) is 9.95. The molecule has 0 aliphatic rings. The van der Waals surface area contributed by atoms with Gasteiger partial charge >= 0.3 is 19.5 Å². The molecule has 0 spiro atoms. The third kappa shape index (κ3) is 6.81. The van der Waals surface area contributed by atoms with Gasteiger partial charge in [0.2, 0.25) is 0 Å². The van der Waals surface area contributed by atoms with E-state index in [1.165, 1.54) is 0 Å². The van der Waals surface area contributed by atoms with Crippen molar-refractivity contribution in [1.29, 1.82) is 0 Å². The van der Waals surface area contributed by atoms with Crippen molar-refractivity contribution < 1.29 is 19.5 Å². The smallest absolute Gasteiger partial charge is 0.255 e. The van der Waals surface area contributed by atoms with Crippen LogP contribution in [-0.4, -0.2) is 29.9 Å². The van der Waals surface area contributed by atoms with Gasteiger partial charge in [0.05, 0.1) is 45.6 Å². The van der Waals surface area contributed by atoms with Gasteiger partial charge in [-0.05, 0) is 72.8 Å². The second-order valence-electron chi connectivity index (χ2n) is 7.68. The molecule has 0 aliphatic carbocycles. The van der Waals surface area contributed by atoms with Gasteiger partial charge in [0.15, 0.2) is 0 Å². The van der Waals surface area contributed by atoms with E-state index in [2.05, 4.69) is 29.9 Å². The summed E-state index contributed by atoms with van der Waals surface area (Å²) in [5.41, 5.74) is 6.92. The molecule has 0 saturated carbocycles. The summed E-state index contributed by atoms with van der Waals surface area (Å²) in [6, 6.07) is 35.0. The van der Waals surface area contributed by atoms with Crippen LogP contribution < -0.4 is 0 Å². The van der Waals surface area contributed by atoms with E-state index in [0.29, 0.717) is 0 Å². The Kier molecular flexibility index (Phi) is 9.00. The van der Waals surface area contributed by atoms with Gasteiger partial charge in [0.25, 0.3) is 0 Å². The Morgan fingerprint density at radius 1 is 0.270 bits per heavy atom. The van der Waals surface area contributed by atoms with Crippen molar-refractivity contribution in [3.63, 3.8) is 0 Å². The molecule has 37 heavy (non-hydrogen) atoms. The molecule has 6 heterocycles. The van der Waals surface area contributed by atoms with Crippen LogP contribution in [0.1, 0.15) is 0 Å². The minimum absolute atomic E-state index is 0. The fraction of sp³-hybridized carbons (Fsp3) is 0. The zero-order valence-corrected chi connectivity index (χ0v) is 21.5. The van der Waals surface area contributed by atoms with Gasteiger partial charge in [-0.15, -0.1) is 0 Å². The van der Waals surface area contributed by atoms with E-state index in [1.54, 1.807) is 24.8 Å². The number of rotatable bonds is 4. The quantitative estimate of drug-likeness (QED) is 0.229. The van der Waals surface area contributed by atoms with E-state index in [4.69, 9.17) is 0 Å². The first-order chi connectivity index (χ1) is 17.9. The summed E-state index contributed by atoms with van der Waals surface area (Å²) in [5.74, 6) is 0. The van der Waals surface area contributed by atoms with Crippen molar-refractivity contribution in [2.75, 3.05) is 0 Å². The van der Waals surface area contributed by atoms with Crippen molar-refractivity contribution in [1.82, 2.24) is 29.9 Å². The van der Waals surface area contributed by atoms with Crippen LogP contribution >= 0.6 is 0 Å². The Bertz CT molecular complexity index is 1290. The van der Waals surface area contributed by atoms with Crippen molar-refractivity contribution >= 4 is 0 Å². The molecule has 7 heteroatoms. The molecule has 0 amide bonds. The molecule has 0 atom stereocenters. The van der Waals surface area contributed by atoms with Gasteiger partial charge in [-0.1, -0.05) is 36.4 Å². The van der Waals surface area contributed by atoms with Crippen LogP contribution in [0.2, 0.25) is 0 Å². The van der Waals surface area contributed by atoms with Gasteiger partial charge in [-0.3, -0.25) is 19.9 Å². The van der Waals surface area contributed by atoms with Crippen LogP contribution in [0.25, 0.3) is 45.6 Å². The molecular weight excluding hydrogens is 545 g/mol. The van der Waals surface area contributed by atoms with E-state index in [1.807, 2.05) is 109 Å². The van der Waals surface area contributed by atoms with Crippen LogP contribution in [0.15, 0.2) is 134 Å². The number of nitrogens with zero attached hydrogens (tertiary/aromatic N) is 6. The summed E-state index contributed by atoms with van der Waals surface area (Å²) in [6.07, 6.45) is 7.07. The first-order valence-electron chi connectivity index (χ1n) is 11.5. The minimum atomic E-state index is 0. The Labute approximate surface area is 228 Å². The molecule has 6 aromatic rings. The predicted octanol–water partition coefficient (Wildman–Crippen LogP) is 6.41. The number of hydrogen-bond donors (Lipinski definition) is 0. The maximum atomic E-state index is 4.59. The standard InChI is InChI=1S/2C15H11N3.Ru/c2*1-3-10-16-12(6-1)14-8-5-9-15(18-14)13-7-2-4-11-17-13;/h2*1-11H;/q;;+2. The van der Waals surface area contributed by atoms with Gasteiger partial charge in [0, 0.05) is 24.8 Å². The van der Waals surface area contributed by atoms with Gasteiger partial charge in [0.1, 0.15) is 0 Å². The third-order valence-electron chi connectivity index (χ3n) is 5.21. The summed E-state index contributed by atoms with van der Waals surface area (Å²) in [7, 11) is 0. The number of pyridine rings is 6. The molecule has 6 rings (SSSR count). The van der Waals surface area contributed by atoms with Crippen LogP contribution in [0, 0.1) is 0 Å². The largest absolute Gasteiger partial charge is 2.00 e. The minimum Gasteiger partial charge on any atom is -0.255 e. The number of hydrogen-bond acceptors (Lipinski definition) is 6. The molecule has 0 aliphatic heterocycles. The molecular formula is C30H22N6Ru+2. The Hall–Kier alpha value is -4.48. The summed E-state index contributed by atoms with van der Waals surface area (Å²) in [4.78, 5) is 26.4. The summed E-state index contributed by atoms with van der Waals surface area (Å²) in [6.45, 7) is 0. The van der Waals surface area contributed by atoms with Crippen molar-refractivity contribution in [2.24, 2.45) is 0 Å². The number of aromatic nitrogens is 6. The van der Waals surface area contributed by atoms with Gasteiger partial charge < -0.3 is 0 Å². The monoisotopic (exact) mass is 568 g/mol. The maximum Gasteiger partial charge on any atom is 2.00 e. The molecule has 0 fully saturated rings. The molecule has 0 aromatic carbocycles. The van der Waals surface area contributed by atoms with Crippen molar-refractivity contribution in [2.45, 2.75) is 0 Å². The van der Waals surface area contributed by atoms with Gasteiger partial charge in [-0.25, -0.2) is 9.97 Å². The fourth-order valence-corrected chi connectivity index (χ4v) is 3.50. The molecule has 0 unspecified atom stereocenters. The Morgan fingerprint density at radius 2 is 0.514 bits per heavy atom. The summed E-state index contributed by atoms with van der Waals surface area (Å²) >= 11 is 0. The molecule has 0 radical (unpaired) electrons. The average Bonchev–Trinajstić information content (AvgIpc) is 2.99. The second kappa shape index (κ2) is 13.0. The SMILES string of the molecule is [Ru+2].c1ccc(-c2cccc(-c3ccccn3)n2)nc1.c1ccc(-c2cccc(-c3ccccn3)n2)nc1. The van der Waals surface area contributed by atoms with Crippen LogP contribution in [0.4, 0.5) is 0 Å². The van der Waals surface area contributed by atoms with E-state index in [-0.39, 0.29) is 19.5 Å². The molecule has 6 nitrogen and oxygen atoms in total. The third-order valence-corrected chi connectivity index (χ3v) is 5.21. The first-order valence-corrected chi connectivity index (χ1v) is 11.5. The predicted molar refractivity (Wildman–Crippen MR) is 141 cm³/mol. The van der Waals surface area contributed by atoms with Crippen LogP contribution in [0.5, 0.6) is 0 Å². The van der Waals surface area contributed by atoms with E-state index in [0.717, 1.165) is 45.6 Å². The first kappa shape index (κ1) is 25.6. The second-order valence-corrected chi connectivity index (χ2v) is 7.68. The fourth-order valence-electron chi connectivity index (χ4n) is 3.50. The van der Waals surface area contributed by atoms with Gasteiger partial charge in [-0.2, -0.15) is 0 Å². The zero-order valence-electron chi connectivity index (χ0n) is 19.7. The van der Waals surface area contributed by atoms with Crippen molar-refractivity contribution in [3.8, 4) is 45.6 Å². The Morgan fingerprint density at radius 3 is 0.730 bits per heavy atom. The molecule has 6 aromatic heterocycles. The average molecular weight is 568 g/mol. The molecule has 0 N–H and O–H groups in total. The van der Waals surface area contributed by atoms with E-state index >= 15 is 0 Å². The van der Waals surface area contributed by atoms with Crippen LogP contribution in [-0.2, 0) is 19.5 Å². The topological polar surface area (TPSA) is 77.3 Å². The Balaban J connectivity index is 0.000000168. The van der Waals surface area contributed by atoms with E-state index in [9.17, 15) is 0 Å². The summed E-state index contributed by atoms with van der Waals surface area (Å²) < 4.78 is 0. The van der Waals surface area contributed by atoms with Crippen LogP contribution in [0.3, 0.4) is 0 Å². The van der Waals surface area contributed by atoms with Crippen molar-refractivity contribution in [3.05, 3.63) is 134 Å². The van der Waals surface area contributed by atoms with E-state index < -0.39 is 0 Å². The molecule has 0 bridgehead atoms. The zero-order chi connectivity index (χ0) is 24.4. The maximum absolute atomic E-state index is 4.59. The molecule has 0 saturated heterocycles. The summed E-state index contributed by atoms with van der Waals surface area (Å²) in [5, 5.41) is 0.